The van der Waals surface area contributed by atoms with Crippen molar-refractivity contribution in [3.63, 3.8) is 0 Å². The number of aliphatic hydroxyl groups excluding tert-OH is 1. The van der Waals surface area contributed by atoms with Gasteiger partial charge in [-0.15, -0.1) is 11.3 Å². The molecule has 2 rings (SSSR count). The third-order valence-corrected chi connectivity index (χ3v) is 3.91. The van der Waals surface area contributed by atoms with Crippen LogP contribution in [0.5, 0.6) is 0 Å². The number of carbonyl (C=O) groups excluding carboxylic acids is 1. The Morgan fingerprint density at radius 2 is 2.29 bits per heavy atom. The van der Waals surface area contributed by atoms with E-state index in [4.69, 9.17) is 0 Å². The SMILES string of the molecule is O=C(Cc1cccs1)NC[C@@H](O)c1ccsc1. The second-order valence-corrected chi connectivity index (χ2v) is 5.44. The van der Waals surface area contributed by atoms with Gasteiger partial charge in [0.15, 0.2) is 0 Å². The predicted octanol–water partition coefficient (Wildman–Crippen LogP) is 2.20. The summed E-state index contributed by atoms with van der Waals surface area (Å²) in [7, 11) is 0. The van der Waals surface area contributed by atoms with Gasteiger partial charge in [0.1, 0.15) is 0 Å². The first-order valence-corrected chi connectivity index (χ1v) is 7.07. The Bertz CT molecular complexity index is 451. The van der Waals surface area contributed by atoms with E-state index in [9.17, 15) is 9.90 Å². The second kappa shape index (κ2) is 5.95. The van der Waals surface area contributed by atoms with Crippen LogP contribution in [0.2, 0.25) is 0 Å². The van der Waals surface area contributed by atoms with Crippen LogP contribution in [0.1, 0.15) is 16.5 Å². The zero-order valence-electron chi connectivity index (χ0n) is 9.13. The minimum atomic E-state index is -0.617. The molecule has 0 unspecified atom stereocenters. The number of rotatable bonds is 5. The van der Waals surface area contributed by atoms with E-state index < -0.39 is 6.10 Å². The van der Waals surface area contributed by atoms with Gasteiger partial charge >= 0.3 is 0 Å². The first-order valence-electron chi connectivity index (χ1n) is 5.25. The highest BCUT2D eigenvalue weighted by atomic mass is 32.1. The van der Waals surface area contributed by atoms with Crippen LogP contribution in [-0.4, -0.2) is 17.6 Å². The fourth-order valence-electron chi connectivity index (χ4n) is 1.43. The Labute approximate surface area is 108 Å². The highest BCUT2D eigenvalue weighted by Crippen LogP contribution is 2.15. The summed E-state index contributed by atoms with van der Waals surface area (Å²) in [5.74, 6) is -0.0540. The third-order valence-electron chi connectivity index (χ3n) is 2.34. The minimum absolute atomic E-state index is 0.0540. The maximum Gasteiger partial charge on any atom is 0.225 e. The second-order valence-electron chi connectivity index (χ2n) is 3.63. The number of aliphatic hydroxyl groups is 1. The molecule has 2 aromatic heterocycles. The molecule has 90 valence electrons. The molecule has 0 bridgehead atoms. The number of thiophene rings is 2. The maximum atomic E-state index is 11.6. The quantitative estimate of drug-likeness (QED) is 0.872. The monoisotopic (exact) mass is 267 g/mol. The maximum absolute atomic E-state index is 11.6. The number of nitrogens with one attached hydrogen (secondary N) is 1. The fraction of sp³-hybridized carbons (Fsp3) is 0.250. The van der Waals surface area contributed by atoms with Crippen molar-refractivity contribution in [1.82, 2.24) is 5.32 Å². The van der Waals surface area contributed by atoms with Gasteiger partial charge in [0.05, 0.1) is 12.5 Å². The summed E-state index contributed by atoms with van der Waals surface area (Å²) in [5, 5.41) is 18.3. The lowest BCUT2D eigenvalue weighted by molar-refractivity contribution is -0.120. The molecule has 2 heterocycles. The van der Waals surface area contributed by atoms with Gasteiger partial charge in [-0.3, -0.25) is 4.79 Å². The van der Waals surface area contributed by atoms with Gasteiger partial charge in [-0.05, 0) is 33.8 Å². The molecule has 0 aliphatic rings. The highest BCUT2D eigenvalue weighted by molar-refractivity contribution is 7.10. The first-order chi connectivity index (χ1) is 8.25. The van der Waals surface area contributed by atoms with Crippen LogP contribution >= 0.6 is 22.7 Å². The van der Waals surface area contributed by atoms with E-state index in [0.717, 1.165) is 10.4 Å². The van der Waals surface area contributed by atoms with Crippen LogP contribution in [0.3, 0.4) is 0 Å². The molecule has 0 spiro atoms. The normalized spacial score (nSPS) is 12.3. The zero-order chi connectivity index (χ0) is 12.1. The van der Waals surface area contributed by atoms with Crippen molar-refractivity contribution in [3.8, 4) is 0 Å². The molecule has 0 aromatic carbocycles. The molecule has 0 aliphatic carbocycles. The highest BCUT2D eigenvalue weighted by Gasteiger charge is 2.10. The van der Waals surface area contributed by atoms with E-state index in [1.807, 2.05) is 34.3 Å². The first kappa shape index (κ1) is 12.3. The van der Waals surface area contributed by atoms with E-state index in [-0.39, 0.29) is 12.5 Å². The Morgan fingerprint density at radius 3 is 2.94 bits per heavy atom. The van der Waals surface area contributed by atoms with E-state index in [2.05, 4.69) is 5.32 Å². The van der Waals surface area contributed by atoms with E-state index in [1.54, 1.807) is 11.3 Å². The molecule has 2 aromatic rings. The standard InChI is InChI=1S/C12H13NO2S2/c14-11(9-3-5-16-8-9)7-13-12(15)6-10-2-1-4-17-10/h1-5,8,11,14H,6-7H2,(H,13,15)/t11-/m1/s1. The molecule has 0 aliphatic heterocycles. The molecular formula is C12H13NO2S2. The van der Waals surface area contributed by atoms with Crippen molar-refractivity contribution in [2.24, 2.45) is 0 Å². The van der Waals surface area contributed by atoms with Crippen LogP contribution in [-0.2, 0) is 11.2 Å². The summed E-state index contributed by atoms with van der Waals surface area (Å²) in [5.41, 5.74) is 0.853. The Morgan fingerprint density at radius 1 is 1.41 bits per heavy atom. The molecule has 5 heteroatoms. The van der Waals surface area contributed by atoms with Crippen LogP contribution in [0, 0.1) is 0 Å². The van der Waals surface area contributed by atoms with Crippen molar-refractivity contribution in [1.29, 1.82) is 0 Å². The van der Waals surface area contributed by atoms with Gasteiger partial charge < -0.3 is 10.4 Å². The van der Waals surface area contributed by atoms with Gasteiger partial charge in [-0.2, -0.15) is 11.3 Å². The van der Waals surface area contributed by atoms with E-state index in [1.165, 1.54) is 11.3 Å². The van der Waals surface area contributed by atoms with Crippen molar-refractivity contribution in [3.05, 3.63) is 44.8 Å². The zero-order valence-corrected chi connectivity index (χ0v) is 10.8. The molecule has 0 radical (unpaired) electrons. The average molecular weight is 267 g/mol. The molecule has 1 atom stereocenters. The Kier molecular flexibility index (Phi) is 4.30. The van der Waals surface area contributed by atoms with E-state index in [0.29, 0.717) is 6.42 Å². The van der Waals surface area contributed by atoms with Gasteiger partial charge in [0, 0.05) is 11.4 Å². The van der Waals surface area contributed by atoms with Crippen molar-refractivity contribution in [2.75, 3.05) is 6.54 Å². The largest absolute Gasteiger partial charge is 0.387 e. The summed E-state index contributed by atoms with van der Waals surface area (Å²) in [6, 6.07) is 5.72. The smallest absolute Gasteiger partial charge is 0.225 e. The molecule has 0 fully saturated rings. The Balaban J connectivity index is 1.76. The van der Waals surface area contributed by atoms with E-state index >= 15 is 0 Å². The number of carbonyl (C=O) groups is 1. The number of hydrogen-bond acceptors (Lipinski definition) is 4. The lowest BCUT2D eigenvalue weighted by atomic mass is 10.2. The lowest BCUT2D eigenvalue weighted by Crippen LogP contribution is -2.29. The molecule has 0 saturated heterocycles. The van der Waals surface area contributed by atoms with Crippen LogP contribution in [0.15, 0.2) is 34.3 Å². The molecular weight excluding hydrogens is 254 g/mol. The summed E-state index contributed by atoms with van der Waals surface area (Å²) >= 11 is 3.10. The summed E-state index contributed by atoms with van der Waals surface area (Å²) in [6.07, 6.45) is -0.234. The molecule has 17 heavy (non-hydrogen) atoms. The third kappa shape index (κ3) is 3.66. The summed E-state index contributed by atoms with van der Waals surface area (Å²) < 4.78 is 0. The van der Waals surface area contributed by atoms with Crippen molar-refractivity contribution in [2.45, 2.75) is 12.5 Å². The average Bonchev–Trinajstić information content (AvgIpc) is 2.97. The number of hydrogen-bond donors (Lipinski definition) is 2. The molecule has 0 saturated carbocycles. The molecule has 3 nitrogen and oxygen atoms in total. The van der Waals surface area contributed by atoms with Crippen molar-refractivity contribution < 1.29 is 9.90 Å². The number of amides is 1. The van der Waals surface area contributed by atoms with Gasteiger partial charge in [-0.1, -0.05) is 6.07 Å². The summed E-state index contributed by atoms with van der Waals surface area (Å²) in [6.45, 7) is 0.265. The molecule has 1 amide bonds. The van der Waals surface area contributed by atoms with Gasteiger partial charge in [0.25, 0.3) is 0 Å². The van der Waals surface area contributed by atoms with Crippen LogP contribution < -0.4 is 5.32 Å². The topological polar surface area (TPSA) is 49.3 Å². The minimum Gasteiger partial charge on any atom is -0.387 e. The molecule has 2 N–H and O–H groups in total. The van der Waals surface area contributed by atoms with Crippen molar-refractivity contribution >= 4 is 28.6 Å². The summed E-state index contributed by atoms with van der Waals surface area (Å²) in [4.78, 5) is 12.6. The lowest BCUT2D eigenvalue weighted by Gasteiger charge is -2.10. The van der Waals surface area contributed by atoms with Gasteiger partial charge in [0.2, 0.25) is 5.91 Å². The fourth-order valence-corrected chi connectivity index (χ4v) is 2.84. The van der Waals surface area contributed by atoms with Crippen LogP contribution in [0.25, 0.3) is 0 Å². The van der Waals surface area contributed by atoms with Gasteiger partial charge in [-0.25, -0.2) is 0 Å². The van der Waals surface area contributed by atoms with Crippen LogP contribution in [0.4, 0.5) is 0 Å². The predicted molar refractivity (Wildman–Crippen MR) is 70.3 cm³/mol. The Hall–Kier alpha value is -1.17.